The molecule has 0 saturated carbocycles. The number of rotatable bonds is 9. The largest absolute Gasteiger partial charge is 0.348 e. The van der Waals surface area contributed by atoms with Crippen molar-refractivity contribution >= 4 is 22.5 Å². The van der Waals surface area contributed by atoms with Crippen LogP contribution in [0.4, 0.5) is 0 Å². The summed E-state index contributed by atoms with van der Waals surface area (Å²) in [6.45, 7) is 1.56. The topological polar surface area (TPSA) is 135 Å². The highest BCUT2D eigenvalue weighted by molar-refractivity contribution is 7.75. The Kier molecular flexibility index (Phi) is 7.98. The molecule has 9 nitrogen and oxygen atoms in total. The number of aryl methyl sites for hydroxylation is 1. The molecule has 0 aliphatic heterocycles. The molecule has 3 rings (SSSR count). The van der Waals surface area contributed by atoms with Gasteiger partial charge in [0.15, 0.2) is 10.7 Å². The van der Waals surface area contributed by atoms with Crippen molar-refractivity contribution in [2.75, 3.05) is 0 Å². The van der Waals surface area contributed by atoms with E-state index in [9.17, 15) is 22.8 Å². The number of pyridine rings is 1. The van der Waals surface area contributed by atoms with Crippen molar-refractivity contribution in [2.45, 2.75) is 31.2 Å². The first kappa shape index (κ1) is 24.9. The van der Waals surface area contributed by atoms with Crippen molar-refractivity contribution in [1.82, 2.24) is 15.4 Å². The van der Waals surface area contributed by atoms with Gasteiger partial charge in [0.1, 0.15) is 4.75 Å². The zero-order valence-electron chi connectivity index (χ0n) is 18.4. The molecule has 0 aliphatic rings. The van der Waals surface area contributed by atoms with E-state index in [1.165, 1.54) is 29.2 Å². The van der Waals surface area contributed by atoms with Crippen LogP contribution in [0, 0.1) is 0 Å². The summed E-state index contributed by atoms with van der Waals surface area (Å²) in [5, 5.41) is 11.7. The highest BCUT2D eigenvalue weighted by atomic mass is 32.2. The Morgan fingerprint density at radius 1 is 1.00 bits per heavy atom. The van der Waals surface area contributed by atoms with Crippen LogP contribution in [-0.4, -0.2) is 34.8 Å². The second-order valence-corrected chi connectivity index (χ2v) is 9.42. The van der Waals surface area contributed by atoms with Gasteiger partial charge in [-0.3, -0.25) is 19.6 Å². The summed E-state index contributed by atoms with van der Waals surface area (Å²) in [7, 11) is -3.18. The van der Waals surface area contributed by atoms with E-state index in [4.69, 9.17) is 5.21 Å². The predicted molar refractivity (Wildman–Crippen MR) is 127 cm³/mol. The predicted octanol–water partition coefficient (Wildman–Crippen LogP) is 1.71. The number of aromatic nitrogens is 1. The van der Waals surface area contributed by atoms with Gasteiger partial charge in [-0.15, -0.1) is 0 Å². The highest BCUT2D eigenvalue weighted by Crippen LogP contribution is 2.19. The molecular weight excluding hydrogens is 458 g/mol. The fourth-order valence-corrected chi connectivity index (χ4v) is 3.81. The Hall–Kier alpha value is -3.76. The number of thiol groups is 1. The van der Waals surface area contributed by atoms with Gasteiger partial charge in [-0.2, -0.15) is 0 Å². The zero-order valence-corrected chi connectivity index (χ0v) is 19.3. The third-order valence-electron chi connectivity index (χ3n) is 5.61. The van der Waals surface area contributed by atoms with E-state index >= 15 is 0 Å². The van der Waals surface area contributed by atoms with Crippen LogP contribution in [0.25, 0.3) is 11.1 Å². The highest BCUT2D eigenvalue weighted by Gasteiger charge is 2.36. The molecule has 1 atom stereocenters. The second-order valence-electron chi connectivity index (χ2n) is 7.91. The molecule has 0 radical (unpaired) electrons. The van der Waals surface area contributed by atoms with E-state index in [1.807, 2.05) is 30.3 Å². The standard InChI is InChI=1S/C24H25N3O6S/c1-24(34(32)33,23(30)26-31)12-14-27-13-11-20(15-21(27)28)18-7-9-19(10-8-18)22(29)25-16-17-5-3-2-4-6-17/h2-11,13,15,31,34H,12,14,16H2,1H3,(H,25,29)(H,26,30). The molecular formula is C24H25N3O6S. The maximum absolute atomic E-state index is 12.5. The Bertz CT molecular complexity index is 1290. The van der Waals surface area contributed by atoms with Crippen LogP contribution >= 0.6 is 0 Å². The van der Waals surface area contributed by atoms with Gasteiger partial charge in [0.2, 0.25) is 0 Å². The molecule has 2 amide bonds. The van der Waals surface area contributed by atoms with Crippen LogP contribution in [-0.2, 0) is 28.6 Å². The lowest BCUT2D eigenvalue weighted by atomic mass is 10.0. The Morgan fingerprint density at radius 2 is 1.68 bits per heavy atom. The molecule has 2 aromatic carbocycles. The number of carbonyl (C=O) groups excluding carboxylic acids is 2. The number of benzene rings is 2. The summed E-state index contributed by atoms with van der Waals surface area (Å²) in [6, 6.07) is 19.5. The molecule has 1 unspecified atom stereocenters. The van der Waals surface area contributed by atoms with E-state index in [1.54, 1.807) is 30.3 Å². The average Bonchev–Trinajstić information content (AvgIpc) is 2.86. The molecule has 0 bridgehead atoms. The van der Waals surface area contributed by atoms with Crippen LogP contribution in [0.2, 0.25) is 0 Å². The van der Waals surface area contributed by atoms with Gasteiger partial charge in [0.05, 0.1) is 0 Å². The van der Waals surface area contributed by atoms with E-state index in [-0.39, 0.29) is 24.4 Å². The number of nitrogens with one attached hydrogen (secondary N) is 2. The fraction of sp³-hybridized carbons (Fsp3) is 0.208. The van der Waals surface area contributed by atoms with Crippen LogP contribution in [0.15, 0.2) is 77.7 Å². The summed E-state index contributed by atoms with van der Waals surface area (Å²) < 4.78 is 22.4. The van der Waals surface area contributed by atoms with Gasteiger partial charge in [0.25, 0.3) is 17.4 Å². The molecule has 3 N–H and O–H groups in total. The van der Waals surface area contributed by atoms with Crippen molar-refractivity contribution in [3.05, 3.63) is 94.4 Å². The van der Waals surface area contributed by atoms with Crippen LogP contribution in [0.3, 0.4) is 0 Å². The smallest absolute Gasteiger partial charge is 0.264 e. The molecule has 0 saturated heterocycles. The summed E-state index contributed by atoms with van der Waals surface area (Å²) in [4.78, 5) is 36.7. The number of nitrogens with zero attached hydrogens (tertiary/aromatic N) is 1. The van der Waals surface area contributed by atoms with E-state index in [0.29, 0.717) is 17.7 Å². The van der Waals surface area contributed by atoms with Gasteiger partial charge < -0.3 is 9.88 Å². The molecule has 0 aliphatic carbocycles. The molecule has 1 aromatic heterocycles. The molecule has 1 heterocycles. The molecule has 0 fully saturated rings. The lowest BCUT2D eigenvalue weighted by molar-refractivity contribution is -0.131. The minimum absolute atomic E-state index is 0.0349. The monoisotopic (exact) mass is 483 g/mol. The second kappa shape index (κ2) is 10.9. The van der Waals surface area contributed by atoms with Crippen molar-refractivity contribution < 1.29 is 23.2 Å². The molecule has 34 heavy (non-hydrogen) atoms. The van der Waals surface area contributed by atoms with Gasteiger partial charge in [-0.05, 0) is 48.2 Å². The molecule has 0 spiro atoms. The molecule has 178 valence electrons. The van der Waals surface area contributed by atoms with Crippen molar-refractivity contribution in [1.29, 1.82) is 0 Å². The number of hydroxylamine groups is 1. The zero-order chi connectivity index (χ0) is 24.7. The Balaban J connectivity index is 1.68. The first-order valence-corrected chi connectivity index (χ1v) is 11.6. The van der Waals surface area contributed by atoms with Gasteiger partial charge in [-0.1, -0.05) is 42.5 Å². The Labute approximate surface area is 198 Å². The quantitative estimate of drug-likeness (QED) is 0.208. The minimum atomic E-state index is -3.18. The van der Waals surface area contributed by atoms with Crippen molar-refractivity contribution in [3.8, 4) is 11.1 Å². The van der Waals surface area contributed by atoms with E-state index in [0.717, 1.165) is 11.1 Å². The fourth-order valence-electron chi connectivity index (χ4n) is 3.31. The average molecular weight is 484 g/mol. The number of hydrogen-bond donors (Lipinski definition) is 4. The first-order valence-electron chi connectivity index (χ1n) is 10.5. The normalized spacial score (nSPS) is 12.7. The molecule has 3 aromatic rings. The lowest BCUT2D eigenvalue weighted by Gasteiger charge is -2.20. The maximum Gasteiger partial charge on any atom is 0.264 e. The van der Waals surface area contributed by atoms with Gasteiger partial charge >= 0.3 is 0 Å². The summed E-state index contributed by atoms with van der Waals surface area (Å²) in [5.74, 6) is -1.27. The Morgan fingerprint density at radius 3 is 2.26 bits per heavy atom. The van der Waals surface area contributed by atoms with Crippen LogP contribution in [0.1, 0.15) is 29.3 Å². The van der Waals surface area contributed by atoms with Crippen LogP contribution < -0.4 is 16.4 Å². The third kappa shape index (κ3) is 5.77. The third-order valence-corrected chi connectivity index (χ3v) is 6.84. The first-order chi connectivity index (χ1) is 16.2. The number of hydrogen-bond acceptors (Lipinski definition) is 6. The summed E-state index contributed by atoms with van der Waals surface area (Å²) in [6.07, 6.45) is 1.32. The van der Waals surface area contributed by atoms with Crippen LogP contribution in [0.5, 0.6) is 0 Å². The number of carbonyl (C=O) groups is 2. The van der Waals surface area contributed by atoms with Gasteiger partial charge in [0, 0.05) is 30.9 Å². The maximum atomic E-state index is 12.5. The minimum Gasteiger partial charge on any atom is -0.348 e. The SMILES string of the molecule is CC(CCn1ccc(-c2ccc(C(=O)NCc3ccccc3)cc2)cc1=O)(C(=O)NO)[SH](=O)=O. The number of amides is 2. The summed E-state index contributed by atoms with van der Waals surface area (Å²) in [5.41, 5.74) is 3.82. The van der Waals surface area contributed by atoms with Crippen molar-refractivity contribution in [2.24, 2.45) is 0 Å². The van der Waals surface area contributed by atoms with Gasteiger partial charge in [-0.25, -0.2) is 13.9 Å². The lowest BCUT2D eigenvalue weighted by Crippen LogP contribution is -2.45. The van der Waals surface area contributed by atoms with Crippen molar-refractivity contribution in [3.63, 3.8) is 0 Å². The molecule has 10 heteroatoms. The summed E-state index contributed by atoms with van der Waals surface area (Å²) >= 11 is 0. The van der Waals surface area contributed by atoms with E-state index < -0.39 is 21.4 Å². The van der Waals surface area contributed by atoms with E-state index in [2.05, 4.69) is 5.32 Å².